The van der Waals surface area contributed by atoms with Gasteiger partial charge in [-0.2, -0.15) is 0 Å². The maximum absolute atomic E-state index is 11.4. The largest absolute Gasteiger partial charge is 0.389 e. The van der Waals surface area contributed by atoms with Crippen molar-refractivity contribution in [3.8, 4) is 0 Å². The molecule has 0 bridgehead atoms. The fraction of sp³-hybridized carbons (Fsp3) is 0.571. The summed E-state index contributed by atoms with van der Waals surface area (Å²) in [6.07, 6.45) is 14.3. The van der Waals surface area contributed by atoms with Crippen LogP contribution in [0.2, 0.25) is 0 Å². The first-order valence-corrected chi connectivity index (χ1v) is 12.1. The SMILES string of the molecule is C[C@H]1CC[C@@]2(C)C(=CCC3C2CC[C@]2(C)C(n4ccc5ccccc54)=CC(O)C32)C1. The van der Waals surface area contributed by atoms with E-state index >= 15 is 0 Å². The Balaban J connectivity index is 1.40. The minimum Gasteiger partial charge on any atom is -0.389 e. The highest BCUT2D eigenvalue weighted by Crippen LogP contribution is 2.66. The zero-order valence-corrected chi connectivity index (χ0v) is 18.6. The van der Waals surface area contributed by atoms with E-state index in [1.54, 1.807) is 5.57 Å². The van der Waals surface area contributed by atoms with E-state index in [0.29, 0.717) is 17.3 Å². The van der Waals surface area contributed by atoms with Gasteiger partial charge in [-0.1, -0.05) is 50.6 Å². The van der Waals surface area contributed by atoms with E-state index in [9.17, 15) is 5.11 Å². The minimum absolute atomic E-state index is 0.0477. The second-order valence-electron chi connectivity index (χ2n) is 11.3. The van der Waals surface area contributed by atoms with Crippen molar-refractivity contribution >= 4 is 16.6 Å². The molecule has 4 aliphatic rings. The summed E-state index contributed by atoms with van der Waals surface area (Å²) < 4.78 is 2.37. The van der Waals surface area contributed by atoms with E-state index in [1.807, 2.05) is 0 Å². The van der Waals surface area contributed by atoms with Crippen molar-refractivity contribution < 1.29 is 5.11 Å². The van der Waals surface area contributed by atoms with Crippen LogP contribution in [0.15, 0.2) is 54.3 Å². The van der Waals surface area contributed by atoms with Gasteiger partial charge >= 0.3 is 0 Å². The van der Waals surface area contributed by atoms with Crippen LogP contribution in [0.4, 0.5) is 0 Å². The fourth-order valence-corrected chi connectivity index (χ4v) is 8.13. The van der Waals surface area contributed by atoms with Crippen LogP contribution in [-0.2, 0) is 0 Å². The number of para-hydroxylation sites is 1. The van der Waals surface area contributed by atoms with Gasteiger partial charge in [-0.05, 0) is 85.3 Å². The van der Waals surface area contributed by atoms with Crippen LogP contribution in [0, 0.1) is 34.5 Å². The van der Waals surface area contributed by atoms with Gasteiger partial charge in [-0.3, -0.25) is 0 Å². The van der Waals surface area contributed by atoms with Crippen molar-refractivity contribution in [2.75, 3.05) is 0 Å². The number of nitrogens with zero attached hydrogens (tertiary/aromatic N) is 1. The van der Waals surface area contributed by atoms with E-state index in [0.717, 1.165) is 18.3 Å². The molecule has 2 fully saturated rings. The van der Waals surface area contributed by atoms with Gasteiger partial charge in [0.25, 0.3) is 0 Å². The third-order valence-electron chi connectivity index (χ3n) is 9.74. The molecule has 0 saturated heterocycles. The second kappa shape index (κ2) is 6.36. The molecule has 2 saturated carbocycles. The molecule has 0 amide bonds. The number of hydrogen-bond donors (Lipinski definition) is 1. The van der Waals surface area contributed by atoms with Gasteiger partial charge in [0.15, 0.2) is 0 Å². The predicted molar refractivity (Wildman–Crippen MR) is 124 cm³/mol. The Kier molecular flexibility index (Phi) is 4.01. The normalized spacial score (nSPS) is 42.9. The Hall–Kier alpha value is -1.80. The Labute approximate surface area is 180 Å². The summed E-state index contributed by atoms with van der Waals surface area (Å²) >= 11 is 0. The molecular weight excluding hydrogens is 366 g/mol. The summed E-state index contributed by atoms with van der Waals surface area (Å²) in [4.78, 5) is 0. The van der Waals surface area contributed by atoms with E-state index in [2.05, 4.69) is 74.0 Å². The van der Waals surface area contributed by atoms with E-state index in [4.69, 9.17) is 0 Å². The van der Waals surface area contributed by atoms with Crippen LogP contribution in [0.5, 0.6) is 0 Å². The average Bonchev–Trinajstić information content (AvgIpc) is 3.26. The molecule has 0 aliphatic heterocycles. The Morgan fingerprint density at radius 2 is 1.83 bits per heavy atom. The number of rotatable bonds is 1. The molecule has 158 valence electrons. The van der Waals surface area contributed by atoms with Gasteiger partial charge in [0.1, 0.15) is 0 Å². The Morgan fingerprint density at radius 3 is 2.70 bits per heavy atom. The summed E-state index contributed by atoms with van der Waals surface area (Å²) in [6, 6.07) is 10.8. The molecule has 0 radical (unpaired) electrons. The summed E-state index contributed by atoms with van der Waals surface area (Å²) in [5, 5.41) is 12.7. The molecule has 4 unspecified atom stereocenters. The Bertz CT molecular complexity index is 1060. The maximum Gasteiger partial charge on any atom is 0.0780 e. The van der Waals surface area contributed by atoms with Gasteiger partial charge in [-0.25, -0.2) is 0 Å². The van der Waals surface area contributed by atoms with Crippen LogP contribution in [0.25, 0.3) is 16.6 Å². The van der Waals surface area contributed by atoms with Gasteiger partial charge in [0.05, 0.1) is 11.6 Å². The zero-order chi connectivity index (χ0) is 20.7. The number of aliphatic hydroxyl groups excluding tert-OH is 1. The number of aromatic nitrogens is 1. The fourth-order valence-electron chi connectivity index (χ4n) is 8.13. The molecule has 4 aliphatic carbocycles. The topological polar surface area (TPSA) is 25.2 Å². The van der Waals surface area contributed by atoms with E-state index < -0.39 is 0 Å². The van der Waals surface area contributed by atoms with Crippen molar-refractivity contribution in [3.05, 3.63) is 54.3 Å². The average molecular weight is 402 g/mol. The summed E-state index contributed by atoms with van der Waals surface area (Å²) in [6.45, 7) is 7.41. The monoisotopic (exact) mass is 401 g/mol. The molecule has 1 N–H and O–H groups in total. The van der Waals surface area contributed by atoms with Crippen LogP contribution >= 0.6 is 0 Å². The van der Waals surface area contributed by atoms with Gasteiger partial charge in [0.2, 0.25) is 0 Å². The first-order valence-electron chi connectivity index (χ1n) is 12.1. The standard InChI is InChI=1S/C28H35NO/c1-18-10-13-27(2)20(16-18)8-9-21-22(27)11-14-28(3)25(17-24(30)26(21)28)29-15-12-19-6-4-5-7-23(19)29/h4-8,12,15,17-18,21-22,24,26,30H,9-11,13-14,16H2,1-3H3/t18-,21?,22?,24?,26?,27-,28+/m0/s1. The first-order chi connectivity index (χ1) is 14.4. The van der Waals surface area contributed by atoms with Gasteiger partial charge in [-0.15, -0.1) is 0 Å². The lowest BCUT2D eigenvalue weighted by Crippen LogP contribution is -2.51. The summed E-state index contributed by atoms with van der Waals surface area (Å²) in [7, 11) is 0. The molecule has 2 aromatic rings. The molecule has 6 rings (SSSR count). The Morgan fingerprint density at radius 1 is 1.03 bits per heavy atom. The van der Waals surface area contributed by atoms with Crippen LogP contribution in [0.1, 0.15) is 59.3 Å². The quantitative estimate of drug-likeness (QED) is 0.531. The van der Waals surface area contributed by atoms with Crippen LogP contribution in [-0.4, -0.2) is 15.8 Å². The van der Waals surface area contributed by atoms with Gasteiger partial charge in [0, 0.05) is 23.2 Å². The number of fused-ring (bicyclic) bond motifs is 6. The number of benzene rings is 1. The summed E-state index contributed by atoms with van der Waals surface area (Å²) in [5.41, 5.74) is 4.74. The first kappa shape index (κ1) is 18.9. The smallest absolute Gasteiger partial charge is 0.0780 e. The molecule has 0 spiro atoms. The van der Waals surface area contributed by atoms with Crippen molar-refractivity contribution in [3.63, 3.8) is 0 Å². The highest BCUT2D eigenvalue weighted by molar-refractivity contribution is 5.84. The van der Waals surface area contributed by atoms with Crippen LogP contribution in [0.3, 0.4) is 0 Å². The molecule has 2 nitrogen and oxygen atoms in total. The second-order valence-corrected chi connectivity index (χ2v) is 11.3. The summed E-state index contributed by atoms with van der Waals surface area (Å²) in [5.74, 6) is 2.49. The molecule has 1 heterocycles. The van der Waals surface area contributed by atoms with Crippen LogP contribution < -0.4 is 0 Å². The molecule has 1 aromatic heterocycles. The highest BCUT2D eigenvalue weighted by atomic mass is 16.3. The number of allylic oxidation sites excluding steroid dienone is 3. The lowest BCUT2D eigenvalue weighted by atomic mass is 9.47. The van der Waals surface area contributed by atoms with E-state index in [1.165, 1.54) is 48.7 Å². The highest BCUT2D eigenvalue weighted by Gasteiger charge is 2.59. The lowest BCUT2D eigenvalue weighted by molar-refractivity contribution is -0.0540. The third kappa shape index (κ3) is 2.40. The maximum atomic E-state index is 11.4. The minimum atomic E-state index is -0.333. The molecule has 1 aromatic carbocycles. The van der Waals surface area contributed by atoms with E-state index in [-0.39, 0.29) is 11.5 Å². The molecule has 30 heavy (non-hydrogen) atoms. The third-order valence-corrected chi connectivity index (χ3v) is 9.74. The van der Waals surface area contributed by atoms with Crippen molar-refractivity contribution in [1.29, 1.82) is 0 Å². The predicted octanol–water partition coefficient (Wildman–Crippen LogP) is 6.66. The number of aliphatic hydroxyl groups is 1. The molecule has 7 atom stereocenters. The molecular formula is C28H35NO. The lowest BCUT2D eigenvalue weighted by Gasteiger charge is -2.58. The zero-order valence-electron chi connectivity index (χ0n) is 18.6. The van der Waals surface area contributed by atoms with Crippen molar-refractivity contribution in [2.45, 2.75) is 65.4 Å². The number of hydrogen-bond acceptors (Lipinski definition) is 1. The van der Waals surface area contributed by atoms with Crippen molar-refractivity contribution in [2.24, 2.45) is 34.5 Å². The van der Waals surface area contributed by atoms with Gasteiger partial charge < -0.3 is 9.67 Å². The molecule has 2 heteroatoms. The van der Waals surface area contributed by atoms with Crippen molar-refractivity contribution in [1.82, 2.24) is 4.57 Å².